The molecule has 0 saturated carbocycles. The fourth-order valence-electron chi connectivity index (χ4n) is 3.40. The Morgan fingerprint density at radius 1 is 1.22 bits per heavy atom. The van der Waals surface area contributed by atoms with Gasteiger partial charge in [-0.15, -0.1) is 15.5 Å². The zero-order chi connectivity index (χ0) is 26.4. The summed E-state index contributed by atoms with van der Waals surface area (Å²) in [6, 6.07) is 0. The van der Waals surface area contributed by atoms with Crippen molar-refractivity contribution in [2.45, 2.75) is 70.4 Å². The number of esters is 1. The van der Waals surface area contributed by atoms with Gasteiger partial charge in [0, 0.05) is 24.6 Å². The summed E-state index contributed by atoms with van der Waals surface area (Å²) >= 11 is 0. The Labute approximate surface area is 211 Å². The fourth-order valence-corrected chi connectivity index (χ4v) is 3.99. The van der Waals surface area contributed by atoms with E-state index in [9.17, 15) is 13.8 Å². The molecule has 2 atom stereocenters. The first-order valence-corrected chi connectivity index (χ1v) is 13.0. The molecule has 0 spiro atoms. The number of imidazole rings is 1. The van der Waals surface area contributed by atoms with Gasteiger partial charge in [0.25, 0.3) is 0 Å². The minimum Gasteiger partial charge on any atom is -0.464 e. The Kier molecular flexibility index (Phi) is 12.6. The molecule has 0 fully saturated rings. The van der Waals surface area contributed by atoms with Gasteiger partial charge in [-0.3, -0.25) is 0 Å². The van der Waals surface area contributed by atoms with Crippen LogP contribution in [0, 0.1) is 18.4 Å². The van der Waals surface area contributed by atoms with Crippen molar-refractivity contribution in [1.82, 2.24) is 19.5 Å². The van der Waals surface area contributed by atoms with E-state index < -0.39 is 32.5 Å². The third kappa shape index (κ3) is 9.39. The first-order valence-electron chi connectivity index (χ1n) is 11.9. The lowest BCUT2D eigenvalue weighted by Crippen LogP contribution is -2.36. The van der Waals surface area contributed by atoms with Gasteiger partial charge in [0.2, 0.25) is 6.61 Å². The average Bonchev–Trinajstić information content (AvgIpc) is 3.28. The van der Waals surface area contributed by atoms with Crippen molar-refractivity contribution in [1.29, 1.82) is 0 Å². The number of hydrogen-bond donors (Lipinski definition) is 1. The van der Waals surface area contributed by atoms with Crippen LogP contribution in [0.25, 0.3) is 11.2 Å². The Morgan fingerprint density at radius 2 is 1.94 bits per heavy atom. The zero-order valence-corrected chi connectivity index (χ0v) is 21.7. The number of carbonyl (C=O) groups is 1. The summed E-state index contributed by atoms with van der Waals surface area (Å²) in [5.74, 6) is 1.79. The van der Waals surface area contributed by atoms with Crippen molar-refractivity contribution in [2.24, 2.45) is 0 Å². The number of nitrogen functional groups attached to an aromatic ring is 1. The molecule has 13 heteroatoms. The maximum atomic E-state index is 13.6. The molecular formula is C23H34FN5O6P+. The highest BCUT2D eigenvalue weighted by Gasteiger charge is 2.35. The predicted octanol–water partition coefficient (Wildman–Crippen LogP) is 3.94. The Hall–Kier alpha value is -2.71. The van der Waals surface area contributed by atoms with Crippen LogP contribution < -0.4 is 5.73 Å². The second-order valence-electron chi connectivity index (χ2n) is 8.19. The number of aromatic nitrogens is 4. The molecule has 0 aliphatic carbocycles. The molecule has 2 heterocycles. The highest BCUT2D eigenvalue weighted by molar-refractivity contribution is 7.33. The maximum absolute atomic E-state index is 13.6. The summed E-state index contributed by atoms with van der Waals surface area (Å²) in [6.45, 7) is 1.90. The number of anilines is 1. The molecule has 0 aliphatic heterocycles. The molecule has 0 amide bonds. The zero-order valence-electron chi connectivity index (χ0n) is 20.8. The molecule has 0 aliphatic rings. The number of halogens is 1. The largest absolute Gasteiger partial charge is 0.698 e. The summed E-state index contributed by atoms with van der Waals surface area (Å²) < 4.78 is 47.8. The van der Waals surface area contributed by atoms with Crippen molar-refractivity contribution >= 4 is 31.2 Å². The van der Waals surface area contributed by atoms with Crippen LogP contribution >= 0.6 is 8.25 Å². The number of hydrogen-bond acceptors (Lipinski definition) is 10. The van der Waals surface area contributed by atoms with E-state index in [4.69, 9.17) is 30.7 Å². The third-order valence-corrected chi connectivity index (χ3v) is 6.26. The number of unbranched alkanes of at least 4 members (excludes halogenated alkanes) is 6. The molecule has 0 bridgehead atoms. The summed E-state index contributed by atoms with van der Waals surface area (Å²) in [6.07, 6.45) is 14.0. The predicted molar refractivity (Wildman–Crippen MR) is 131 cm³/mol. The minimum atomic E-state index is -2.64. The molecule has 2 N–H and O–H groups in total. The molecular weight excluding hydrogens is 492 g/mol. The number of rotatable bonds is 18. The first-order chi connectivity index (χ1) is 17.3. The number of nitrogens with two attached hydrogens (primary N) is 1. The number of aryl methyl sites for hydroxylation is 1. The summed E-state index contributed by atoms with van der Waals surface area (Å²) in [4.78, 5) is 23.0. The van der Waals surface area contributed by atoms with Gasteiger partial charge in [-0.25, -0.2) is 9.78 Å². The van der Waals surface area contributed by atoms with Crippen molar-refractivity contribution in [3.8, 4) is 12.3 Å². The van der Waals surface area contributed by atoms with Crippen LogP contribution in [0.2, 0.25) is 0 Å². The van der Waals surface area contributed by atoms with Gasteiger partial charge in [0.05, 0.1) is 12.9 Å². The SMILES string of the molecule is C#C[C@](CCn1cnc2c(N)nc(F)nc21)(CO[P+](=O)OCC(=O)OCCCCCCCCC)OC. The van der Waals surface area contributed by atoms with E-state index in [0.717, 1.165) is 19.3 Å². The number of methoxy groups -OCH3 is 1. The molecule has 0 saturated heterocycles. The monoisotopic (exact) mass is 526 g/mol. The Bertz CT molecular complexity index is 1050. The number of ether oxygens (including phenoxy) is 2. The highest BCUT2D eigenvalue weighted by Crippen LogP contribution is 2.28. The van der Waals surface area contributed by atoms with E-state index in [1.165, 1.54) is 39.1 Å². The first kappa shape index (κ1) is 29.5. The van der Waals surface area contributed by atoms with E-state index in [-0.39, 0.29) is 36.6 Å². The van der Waals surface area contributed by atoms with Crippen LogP contribution in [-0.4, -0.2) is 58.0 Å². The van der Waals surface area contributed by atoms with E-state index in [1.54, 1.807) is 4.57 Å². The van der Waals surface area contributed by atoms with Crippen LogP contribution in [0.5, 0.6) is 0 Å². The molecule has 11 nitrogen and oxygen atoms in total. The van der Waals surface area contributed by atoms with Crippen molar-refractivity contribution < 1.29 is 32.3 Å². The molecule has 36 heavy (non-hydrogen) atoms. The number of carbonyl (C=O) groups excluding carboxylic acids is 1. The molecule has 0 radical (unpaired) electrons. The Morgan fingerprint density at radius 3 is 2.64 bits per heavy atom. The summed E-state index contributed by atoms with van der Waals surface area (Å²) in [7, 11) is -1.27. The molecule has 0 aromatic carbocycles. The quantitative estimate of drug-likeness (QED) is 0.0998. The normalized spacial score (nSPS) is 13.3. The lowest BCUT2D eigenvalue weighted by molar-refractivity contribution is -0.146. The second-order valence-corrected chi connectivity index (χ2v) is 9.16. The van der Waals surface area contributed by atoms with Gasteiger partial charge in [0.15, 0.2) is 17.1 Å². The van der Waals surface area contributed by atoms with Crippen LogP contribution in [0.15, 0.2) is 6.33 Å². The lowest BCUT2D eigenvalue weighted by Gasteiger charge is -2.24. The fraction of sp³-hybridized carbons (Fsp3) is 0.652. The Balaban J connectivity index is 1.73. The standard InChI is InChI=1S/C23H34FN5O6P/c1-4-6-7-8-9-10-11-14-33-18(30)15-34-36(31)35-16-23(5-2,32-3)12-13-29-17-26-19-20(25)27-22(24)28-21(19)29/h2,17H,4,6-16H2,1,3H3,(H2,25,27,28)/q+1/t23-/m0/s1. The molecule has 2 aromatic heterocycles. The maximum Gasteiger partial charge on any atom is 0.698 e. The highest BCUT2D eigenvalue weighted by atomic mass is 31.1. The number of nitrogens with zero attached hydrogens (tertiary/aromatic N) is 4. The van der Waals surface area contributed by atoms with Gasteiger partial charge >= 0.3 is 20.3 Å². The van der Waals surface area contributed by atoms with Gasteiger partial charge in [0.1, 0.15) is 12.1 Å². The average molecular weight is 527 g/mol. The van der Waals surface area contributed by atoms with Crippen molar-refractivity contribution in [2.75, 3.05) is 32.7 Å². The van der Waals surface area contributed by atoms with Crippen molar-refractivity contribution in [3.63, 3.8) is 0 Å². The second kappa shape index (κ2) is 15.4. The third-order valence-electron chi connectivity index (χ3n) is 5.58. The van der Waals surface area contributed by atoms with Gasteiger partial charge in [-0.1, -0.05) is 51.4 Å². The van der Waals surface area contributed by atoms with Crippen LogP contribution in [0.4, 0.5) is 10.2 Å². The van der Waals surface area contributed by atoms with Crippen LogP contribution in [-0.2, 0) is 34.4 Å². The van der Waals surface area contributed by atoms with Gasteiger partial charge < -0.3 is 19.8 Å². The number of terminal acetylenes is 1. The minimum absolute atomic E-state index is 0.0791. The van der Waals surface area contributed by atoms with Gasteiger partial charge in [-0.05, 0) is 6.42 Å². The smallest absolute Gasteiger partial charge is 0.464 e. The van der Waals surface area contributed by atoms with Gasteiger partial charge in [-0.2, -0.15) is 14.4 Å². The van der Waals surface area contributed by atoms with E-state index in [1.807, 2.05) is 0 Å². The van der Waals surface area contributed by atoms with Crippen LogP contribution in [0.3, 0.4) is 0 Å². The van der Waals surface area contributed by atoms with Crippen LogP contribution in [0.1, 0.15) is 58.3 Å². The van der Waals surface area contributed by atoms with Crippen molar-refractivity contribution in [3.05, 3.63) is 12.4 Å². The number of fused-ring (bicyclic) bond motifs is 1. The summed E-state index contributed by atoms with van der Waals surface area (Å²) in [5.41, 5.74) is 4.85. The molecule has 1 unspecified atom stereocenters. The van der Waals surface area contributed by atoms with E-state index in [0.29, 0.717) is 6.61 Å². The van der Waals surface area contributed by atoms with E-state index in [2.05, 4.69) is 27.8 Å². The van der Waals surface area contributed by atoms with E-state index >= 15 is 0 Å². The topological polar surface area (TPSA) is 141 Å². The molecule has 2 aromatic rings. The lowest BCUT2D eigenvalue weighted by atomic mass is 10.0. The molecule has 198 valence electrons. The summed E-state index contributed by atoms with van der Waals surface area (Å²) in [5, 5.41) is 0. The molecule has 2 rings (SSSR count).